The lowest BCUT2D eigenvalue weighted by Gasteiger charge is -2.12. The van der Waals surface area contributed by atoms with Crippen LogP contribution in [0.5, 0.6) is 0 Å². The Morgan fingerprint density at radius 2 is 2.14 bits per heavy atom. The molecule has 1 aliphatic carbocycles. The molecule has 0 saturated heterocycles. The Kier molecular flexibility index (Phi) is 5.66. The van der Waals surface area contributed by atoms with Gasteiger partial charge < -0.3 is 10.6 Å². The van der Waals surface area contributed by atoms with E-state index in [1.807, 2.05) is 0 Å². The Morgan fingerprint density at radius 1 is 1.41 bits per heavy atom. The van der Waals surface area contributed by atoms with Gasteiger partial charge in [0.1, 0.15) is 0 Å². The maximum Gasteiger partial charge on any atom is 0.240 e. The molecule has 3 N–H and O–H groups in total. The summed E-state index contributed by atoms with van der Waals surface area (Å²) < 4.78 is 26.7. The molecular weight excluding hydrogens is 324 g/mol. The highest BCUT2D eigenvalue weighted by molar-refractivity contribution is 7.89. The normalized spacial score (nSPS) is 21.5. The average molecular weight is 345 g/mol. The van der Waals surface area contributed by atoms with E-state index in [2.05, 4.69) is 27.3 Å². The minimum absolute atomic E-state index is 0.161. The number of benzene rings is 1. The van der Waals surface area contributed by atoms with Crippen molar-refractivity contribution in [3.05, 3.63) is 29.3 Å². The molecule has 2 atom stereocenters. The van der Waals surface area contributed by atoms with Crippen molar-refractivity contribution in [2.45, 2.75) is 24.3 Å². The summed E-state index contributed by atoms with van der Waals surface area (Å²) in [6.45, 7) is 2.88. The average Bonchev–Trinajstić information content (AvgIpc) is 3.17. The van der Waals surface area contributed by atoms with E-state index in [-0.39, 0.29) is 11.4 Å². The molecule has 1 aromatic carbocycles. The van der Waals surface area contributed by atoms with E-state index in [1.54, 1.807) is 19.2 Å². The van der Waals surface area contributed by atoms with Crippen LogP contribution in [-0.4, -0.2) is 40.6 Å². The van der Waals surface area contributed by atoms with E-state index in [1.165, 1.54) is 12.1 Å². The summed E-state index contributed by atoms with van der Waals surface area (Å²) in [4.78, 5) is 4.27. The summed E-state index contributed by atoms with van der Waals surface area (Å²) in [5.74, 6) is 1.36. The molecule has 0 aromatic heterocycles. The molecule has 2 unspecified atom stereocenters. The Bertz CT molecular complexity index is 648. The van der Waals surface area contributed by atoms with Crippen LogP contribution in [0.1, 0.15) is 13.3 Å². The number of nitrogens with one attached hydrogen (secondary N) is 3. The lowest BCUT2D eigenvalue weighted by molar-refractivity contribution is 0.580. The zero-order chi connectivity index (χ0) is 16.2. The Hall–Kier alpha value is -1.31. The quantitative estimate of drug-likeness (QED) is 0.411. The Labute approximate surface area is 136 Å². The van der Waals surface area contributed by atoms with Crippen LogP contribution in [0.4, 0.5) is 0 Å². The third-order valence-electron chi connectivity index (χ3n) is 3.47. The number of hydrogen-bond acceptors (Lipinski definition) is 3. The van der Waals surface area contributed by atoms with Crippen LogP contribution < -0.4 is 15.4 Å². The van der Waals surface area contributed by atoms with Gasteiger partial charge in [0.25, 0.3) is 0 Å². The second kappa shape index (κ2) is 7.30. The Balaban J connectivity index is 1.78. The van der Waals surface area contributed by atoms with E-state index in [0.717, 1.165) is 6.42 Å². The van der Waals surface area contributed by atoms with Crippen molar-refractivity contribution in [3.63, 3.8) is 0 Å². The maximum atomic E-state index is 12.1. The minimum atomic E-state index is -3.54. The molecule has 1 saturated carbocycles. The molecule has 0 amide bonds. The predicted octanol–water partition coefficient (Wildman–Crippen LogP) is 1.19. The Morgan fingerprint density at radius 3 is 2.73 bits per heavy atom. The van der Waals surface area contributed by atoms with Crippen LogP contribution in [0.3, 0.4) is 0 Å². The van der Waals surface area contributed by atoms with Crippen molar-refractivity contribution in [2.24, 2.45) is 10.9 Å². The van der Waals surface area contributed by atoms with E-state index < -0.39 is 10.0 Å². The number of guanidine groups is 1. The summed E-state index contributed by atoms with van der Waals surface area (Å²) in [6.07, 6.45) is 1.14. The number of halogens is 1. The van der Waals surface area contributed by atoms with Crippen LogP contribution in [-0.2, 0) is 10.0 Å². The van der Waals surface area contributed by atoms with Crippen LogP contribution in [0, 0.1) is 5.92 Å². The van der Waals surface area contributed by atoms with Crippen molar-refractivity contribution < 1.29 is 8.42 Å². The number of hydrogen-bond donors (Lipinski definition) is 3. The van der Waals surface area contributed by atoms with Crippen molar-refractivity contribution >= 4 is 27.6 Å². The molecule has 22 heavy (non-hydrogen) atoms. The van der Waals surface area contributed by atoms with Gasteiger partial charge in [-0.3, -0.25) is 4.99 Å². The third kappa shape index (κ3) is 4.86. The standard InChI is InChI=1S/C14H21ClN4O2S/c1-10-8-13(10)19-14(16-2)17-6-7-18-22(20,21)12-5-3-4-11(15)9-12/h3-5,9-10,13,18H,6-8H2,1-2H3,(H2,16,17,19). The molecule has 1 aliphatic rings. The van der Waals surface area contributed by atoms with Gasteiger partial charge in [0.2, 0.25) is 10.0 Å². The molecule has 122 valence electrons. The highest BCUT2D eigenvalue weighted by Gasteiger charge is 2.33. The van der Waals surface area contributed by atoms with Crippen molar-refractivity contribution in [3.8, 4) is 0 Å². The fourth-order valence-corrected chi connectivity index (χ4v) is 3.31. The zero-order valence-electron chi connectivity index (χ0n) is 12.6. The summed E-state index contributed by atoms with van der Waals surface area (Å²) in [7, 11) is -1.85. The molecule has 2 rings (SSSR count). The molecule has 0 spiro atoms. The van der Waals surface area contributed by atoms with Gasteiger partial charge in [-0.1, -0.05) is 24.6 Å². The topological polar surface area (TPSA) is 82.6 Å². The smallest absolute Gasteiger partial charge is 0.240 e. The predicted molar refractivity (Wildman–Crippen MR) is 88.7 cm³/mol. The molecule has 6 nitrogen and oxygen atoms in total. The van der Waals surface area contributed by atoms with E-state index in [4.69, 9.17) is 11.6 Å². The fourth-order valence-electron chi connectivity index (χ4n) is 1.98. The molecule has 0 bridgehead atoms. The highest BCUT2D eigenvalue weighted by Crippen LogP contribution is 2.28. The summed E-state index contributed by atoms with van der Waals surface area (Å²) >= 11 is 5.81. The van der Waals surface area contributed by atoms with Gasteiger partial charge in [0, 0.05) is 31.2 Å². The minimum Gasteiger partial charge on any atom is -0.355 e. The van der Waals surface area contributed by atoms with Gasteiger partial charge in [0.15, 0.2) is 5.96 Å². The monoisotopic (exact) mass is 344 g/mol. The van der Waals surface area contributed by atoms with Gasteiger partial charge in [-0.2, -0.15) is 0 Å². The van der Waals surface area contributed by atoms with E-state index in [9.17, 15) is 8.42 Å². The summed E-state index contributed by atoms with van der Waals surface area (Å²) in [6, 6.07) is 6.64. The van der Waals surface area contributed by atoms with Crippen molar-refractivity contribution in [2.75, 3.05) is 20.1 Å². The van der Waals surface area contributed by atoms with E-state index >= 15 is 0 Å². The molecule has 8 heteroatoms. The lowest BCUT2D eigenvalue weighted by atomic mass is 10.4. The molecule has 0 radical (unpaired) electrons. The summed E-state index contributed by atoms with van der Waals surface area (Å²) in [5.41, 5.74) is 0. The third-order valence-corrected chi connectivity index (χ3v) is 5.16. The molecule has 1 aromatic rings. The first-order chi connectivity index (χ1) is 10.4. The van der Waals surface area contributed by atoms with Gasteiger partial charge in [0.05, 0.1) is 4.90 Å². The van der Waals surface area contributed by atoms with Crippen molar-refractivity contribution in [1.29, 1.82) is 0 Å². The lowest BCUT2D eigenvalue weighted by Crippen LogP contribution is -2.42. The molecule has 0 heterocycles. The van der Waals surface area contributed by atoms with Gasteiger partial charge in [-0.05, 0) is 30.5 Å². The first-order valence-electron chi connectivity index (χ1n) is 7.15. The fraction of sp³-hybridized carbons (Fsp3) is 0.500. The first-order valence-corrected chi connectivity index (χ1v) is 9.01. The largest absolute Gasteiger partial charge is 0.355 e. The zero-order valence-corrected chi connectivity index (χ0v) is 14.2. The summed E-state index contributed by atoms with van der Waals surface area (Å²) in [5, 5.41) is 6.75. The number of nitrogens with zero attached hydrogens (tertiary/aromatic N) is 1. The first kappa shape index (κ1) is 17.1. The maximum absolute atomic E-state index is 12.1. The van der Waals surface area contributed by atoms with Crippen LogP contribution in [0.2, 0.25) is 5.02 Å². The second-order valence-electron chi connectivity index (χ2n) is 5.32. The van der Waals surface area contributed by atoms with Crippen LogP contribution >= 0.6 is 11.6 Å². The van der Waals surface area contributed by atoms with Gasteiger partial charge in [-0.15, -0.1) is 0 Å². The highest BCUT2D eigenvalue weighted by atomic mass is 35.5. The molecular formula is C14H21ClN4O2S. The van der Waals surface area contributed by atoms with E-state index in [0.29, 0.717) is 29.5 Å². The number of rotatable bonds is 6. The van der Waals surface area contributed by atoms with Crippen LogP contribution in [0.15, 0.2) is 34.2 Å². The number of sulfonamides is 1. The van der Waals surface area contributed by atoms with Gasteiger partial charge >= 0.3 is 0 Å². The van der Waals surface area contributed by atoms with Gasteiger partial charge in [-0.25, -0.2) is 13.1 Å². The SMILES string of the molecule is CN=C(NCCNS(=O)(=O)c1cccc(Cl)c1)NC1CC1C. The number of aliphatic imine (C=N–C) groups is 1. The van der Waals surface area contributed by atoms with Crippen LogP contribution in [0.25, 0.3) is 0 Å². The van der Waals surface area contributed by atoms with Crippen molar-refractivity contribution in [1.82, 2.24) is 15.4 Å². The molecule has 1 fully saturated rings. The molecule has 0 aliphatic heterocycles. The second-order valence-corrected chi connectivity index (χ2v) is 7.52.